The summed E-state index contributed by atoms with van der Waals surface area (Å²) in [5.41, 5.74) is 2.12. The van der Waals surface area contributed by atoms with Crippen molar-refractivity contribution in [1.29, 1.82) is 0 Å². The Labute approximate surface area is 209 Å². The highest BCUT2D eigenvalue weighted by atomic mass is 16.5. The van der Waals surface area contributed by atoms with Crippen LogP contribution in [0.1, 0.15) is 64.3 Å². The maximum atomic E-state index is 13.3. The molecule has 188 valence electrons. The van der Waals surface area contributed by atoms with Gasteiger partial charge in [-0.2, -0.15) is 0 Å². The van der Waals surface area contributed by atoms with Crippen LogP contribution in [0.25, 0.3) is 5.76 Å². The van der Waals surface area contributed by atoms with Crippen molar-refractivity contribution in [2.75, 3.05) is 32.8 Å². The van der Waals surface area contributed by atoms with Crippen LogP contribution in [0, 0.1) is 0 Å². The summed E-state index contributed by atoms with van der Waals surface area (Å²) in [6.07, 6.45) is 0. The Morgan fingerprint density at radius 1 is 1.03 bits per heavy atom. The second-order valence-corrected chi connectivity index (χ2v) is 9.82. The van der Waals surface area contributed by atoms with E-state index in [1.165, 1.54) is 0 Å². The van der Waals surface area contributed by atoms with Gasteiger partial charge in [-0.3, -0.25) is 9.59 Å². The van der Waals surface area contributed by atoms with E-state index in [0.29, 0.717) is 25.3 Å². The molecule has 6 nitrogen and oxygen atoms in total. The molecular weight excluding hydrogens is 440 g/mol. The van der Waals surface area contributed by atoms with E-state index in [1.54, 1.807) is 11.0 Å². The number of hydrogen-bond acceptors (Lipinski definition) is 5. The molecule has 2 aromatic carbocycles. The van der Waals surface area contributed by atoms with E-state index in [4.69, 9.17) is 4.74 Å². The third-order valence-electron chi connectivity index (χ3n) is 6.57. The van der Waals surface area contributed by atoms with Gasteiger partial charge in [-0.15, -0.1) is 0 Å². The number of rotatable bonds is 9. The molecule has 1 atom stereocenters. The van der Waals surface area contributed by atoms with Gasteiger partial charge < -0.3 is 19.6 Å². The lowest BCUT2D eigenvalue weighted by atomic mass is 9.84. The highest BCUT2D eigenvalue weighted by molar-refractivity contribution is 6.46. The fraction of sp³-hybridized carbons (Fsp3) is 0.448. The van der Waals surface area contributed by atoms with Crippen LogP contribution in [0.4, 0.5) is 0 Å². The lowest BCUT2D eigenvalue weighted by molar-refractivity contribution is -0.140. The molecule has 0 radical (unpaired) electrons. The first-order valence-corrected chi connectivity index (χ1v) is 12.5. The van der Waals surface area contributed by atoms with E-state index < -0.39 is 17.7 Å². The highest BCUT2D eigenvalue weighted by Crippen LogP contribution is 2.40. The molecule has 0 spiro atoms. The molecule has 35 heavy (non-hydrogen) atoms. The standard InChI is InChI=1S/C29H38N2O4/c1-7-30(8-2)17-18-31-25(20-13-11-10-12-14-20)24(27(33)28(31)34)26(32)21-15-16-23(35-9-3)22(19-21)29(4,5)6/h10-16,19,25,32H,7-9,17-18H2,1-6H3/b26-24-. The van der Waals surface area contributed by atoms with Gasteiger partial charge in [0.25, 0.3) is 11.7 Å². The first-order valence-electron chi connectivity index (χ1n) is 12.5. The summed E-state index contributed by atoms with van der Waals surface area (Å²) in [5.74, 6) is -0.636. The van der Waals surface area contributed by atoms with E-state index in [2.05, 4.69) is 39.5 Å². The van der Waals surface area contributed by atoms with Crippen LogP contribution in [0.2, 0.25) is 0 Å². The minimum Gasteiger partial charge on any atom is -0.507 e. The molecule has 0 aromatic heterocycles. The van der Waals surface area contributed by atoms with Crippen molar-refractivity contribution in [3.05, 3.63) is 70.8 Å². The van der Waals surface area contributed by atoms with Crippen LogP contribution < -0.4 is 4.74 Å². The zero-order valence-electron chi connectivity index (χ0n) is 21.8. The average molecular weight is 479 g/mol. The molecule has 6 heteroatoms. The molecule has 1 aliphatic rings. The molecule has 0 bridgehead atoms. The number of ketones is 1. The third kappa shape index (κ3) is 5.59. The first-order chi connectivity index (χ1) is 16.6. The van der Waals surface area contributed by atoms with E-state index >= 15 is 0 Å². The van der Waals surface area contributed by atoms with Gasteiger partial charge in [0.2, 0.25) is 0 Å². The smallest absolute Gasteiger partial charge is 0.295 e. The summed E-state index contributed by atoms with van der Waals surface area (Å²) in [7, 11) is 0. The van der Waals surface area contributed by atoms with Gasteiger partial charge in [0.05, 0.1) is 18.2 Å². The number of aliphatic hydroxyl groups is 1. The molecule has 1 amide bonds. The van der Waals surface area contributed by atoms with Crippen LogP contribution >= 0.6 is 0 Å². The summed E-state index contributed by atoms with van der Waals surface area (Å²) >= 11 is 0. The van der Waals surface area contributed by atoms with Gasteiger partial charge in [-0.25, -0.2) is 0 Å². The minimum absolute atomic E-state index is 0.129. The van der Waals surface area contributed by atoms with Gasteiger partial charge >= 0.3 is 0 Å². The van der Waals surface area contributed by atoms with Crippen molar-refractivity contribution >= 4 is 17.4 Å². The number of hydrogen-bond donors (Lipinski definition) is 1. The van der Waals surface area contributed by atoms with Crippen molar-refractivity contribution in [2.45, 2.75) is 53.0 Å². The second kappa shape index (κ2) is 11.1. The fourth-order valence-electron chi connectivity index (χ4n) is 4.58. The Morgan fingerprint density at radius 3 is 2.26 bits per heavy atom. The zero-order valence-corrected chi connectivity index (χ0v) is 21.8. The van der Waals surface area contributed by atoms with Gasteiger partial charge in [-0.05, 0) is 49.2 Å². The molecular formula is C29H38N2O4. The molecule has 1 aliphatic heterocycles. The van der Waals surface area contributed by atoms with Gasteiger partial charge in [-0.1, -0.05) is 65.0 Å². The molecule has 3 rings (SSSR count). The van der Waals surface area contributed by atoms with Crippen molar-refractivity contribution in [3.8, 4) is 5.75 Å². The zero-order chi connectivity index (χ0) is 25.8. The Hall–Kier alpha value is -3.12. The number of Topliss-reactive ketones (excluding diaryl/α,β-unsaturated/α-hetero) is 1. The topological polar surface area (TPSA) is 70.1 Å². The Balaban J connectivity index is 2.14. The van der Waals surface area contributed by atoms with Crippen LogP contribution in [0.15, 0.2) is 54.1 Å². The van der Waals surface area contributed by atoms with Gasteiger partial charge in [0.15, 0.2) is 0 Å². The van der Waals surface area contributed by atoms with Crippen LogP contribution in [-0.4, -0.2) is 59.4 Å². The van der Waals surface area contributed by atoms with E-state index in [9.17, 15) is 14.7 Å². The molecule has 1 unspecified atom stereocenters. The van der Waals surface area contributed by atoms with Gasteiger partial charge in [0, 0.05) is 24.2 Å². The van der Waals surface area contributed by atoms with Crippen molar-refractivity contribution in [3.63, 3.8) is 0 Å². The Morgan fingerprint density at radius 2 is 1.69 bits per heavy atom. The highest BCUT2D eigenvalue weighted by Gasteiger charge is 2.46. The number of likely N-dealkylation sites (N-methyl/N-ethyl adjacent to an activating group) is 1. The normalized spacial score (nSPS) is 17.9. The number of ether oxygens (including phenoxy) is 1. The Kier molecular flexibility index (Phi) is 8.39. The van der Waals surface area contributed by atoms with Gasteiger partial charge in [0.1, 0.15) is 11.5 Å². The summed E-state index contributed by atoms with van der Waals surface area (Å²) in [6.45, 7) is 15.6. The molecule has 1 fully saturated rings. The monoisotopic (exact) mass is 478 g/mol. The Bertz CT molecular complexity index is 1080. The molecule has 2 aromatic rings. The minimum atomic E-state index is -0.651. The number of benzene rings is 2. The predicted molar refractivity (Wildman–Crippen MR) is 140 cm³/mol. The maximum Gasteiger partial charge on any atom is 0.295 e. The molecule has 0 saturated carbocycles. The molecule has 1 heterocycles. The molecule has 0 aliphatic carbocycles. The average Bonchev–Trinajstić information content (AvgIpc) is 3.09. The number of carbonyl (C=O) groups is 2. The van der Waals surface area contributed by atoms with Crippen molar-refractivity contribution in [1.82, 2.24) is 9.80 Å². The first kappa shape index (κ1) is 26.5. The summed E-state index contributed by atoms with van der Waals surface area (Å²) in [4.78, 5) is 30.3. The largest absolute Gasteiger partial charge is 0.507 e. The summed E-state index contributed by atoms with van der Waals surface area (Å²) in [6, 6.07) is 14.3. The SMILES string of the molecule is CCOc1ccc(/C(O)=C2/C(=O)C(=O)N(CCN(CC)CC)C2c2ccccc2)cc1C(C)(C)C. The van der Waals surface area contributed by atoms with Crippen LogP contribution in [-0.2, 0) is 15.0 Å². The number of aliphatic hydroxyl groups excluding tert-OH is 1. The van der Waals surface area contributed by atoms with E-state index in [-0.39, 0.29) is 16.7 Å². The second-order valence-electron chi connectivity index (χ2n) is 9.82. The lowest BCUT2D eigenvalue weighted by Gasteiger charge is -2.28. The number of nitrogens with zero attached hydrogens (tertiary/aromatic N) is 2. The quantitative estimate of drug-likeness (QED) is 0.307. The van der Waals surface area contributed by atoms with E-state index in [1.807, 2.05) is 49.4 Å². The summed E-state index contributed by atoms with van der Waals surface area (Å²) in [5, 5.41) is 11.5. The fourth-order valence-corrected chi connectivity index (χ4v) is 4.58. The number of amides is 1. The predicted octanol–water partition coefficient (Wildman–Crippen LogP) is 5.15. The maximum absolute atomic E-state index is 13.3. The van der Waals surface area contributed by atoms with Crippen molar-refractivity contribution < 1.29 is 19.4 Å². The number of carbonyl (C=O) groups excluding carboxylic acids is 2. The van der Waals surface area contributed by atoms with Crippen molar-refractivity contribution in [2.24, 2.45) is 0 Å². The third-order valence-corrected chi connectivity index (χ3v) is 6.57. The van der Waals surface area contributed by atoms with E-state index in [0.717, 1.165) is 30.0 Å². The van der Waals surface area contributed by atoms with Crippen LogP contribution in [0.5, 0.6) is 5.75 Å². The molecule has 1 N–H and O–H groups in total. The van der Waals surface area contributed by atoms with Crippen LogP contribution in [0.3, 0.4) is 0 Å². The number of likely N-dealkylation sites (tertiary alicyclic amines) is 1. The molecule has 1 saturated heterocycles. The lowest BCUT2D eigenvalue weighted by Crippen LogP contribution is -2.38. The summed E-state index contributed by atoms with van der Waals surface area (Å²) < 4.78 is 5.81.